The van der Waals surface area contributed by atoms with E-state index < -0.39 is 11.7 Å². The molecule has 0 aliphatic heterocycles. The quantitative estimate of drug-likeness (QED) is 0.835. The summed E-state index contributed by atoms with van der Waals surface area (Å²) in [5, 5.41) is 2.66. The number of urea groups is 1. The van der Waals surface area contributed by atoms with Crippen LogP contribution in [0.5, 0.6) is 0 Å². The first kappa shape index (κ1) is 17.6. The van der Waals surface area contributed by atoms with E-state index in [1.165, 1.54) is 28.4 Å². The van der Waals surface area contributed by atoms with Gasteiger partial charge in [0.15, 0.2) is 0 Å². The Kier molecular flexibility index (Phi) is 5.54. The second-order valence-corrected chi connectivity index (χ2v) is 6.71. The van der Waals surface area contributed by atoms with Crippen LogP contribution in [-0.2, 0) is 19.3 Å². The van der Waals surface area contributed by atoms with Crippen molar-refractivity contribution in [2.75, 3.05) is 7.05 Å². The van der Waals surface area contributed by atoms with Gasteiger partial charge in [-0.1, -0.05) is 23.7 Å². The summed E-state index contributed by atoms with van der Waals surface area (Å²) in [6.07, 6.45) is -4.36. The number of carbonyl (C=O) groups is 1. The fourth-order valence-electron chi connectivity index (χ4n) is 1.87. The number of alkyl halides is 3. The number of halogens is 4. The van der Waals surface area contributed by atoms with E-state index in [0.717, 1.165) is 17.0 Å². The van der Waals surface area contributed by atoms with Crippen LogP contribution < -0.4 is 5.32 Å². The number of benzene rings is 1. The predicted octanol–water partition coefficient (Wildman–Crippen LogP) is 4.76. The molecule has 0 aliphatic rings. The fraction of sp³-hybridized carbons (Fsp3) is 0.267. The monoisotopic (exact) mass is 362 g/mol. The Bertz CT molecular complexity index is 670. The molecule has 124 valence electrons. The number of hydrogen-bond donors (Lipinski definition) is 1. The molecule has 8 heteroatoms. The number of nitrogens with zero attached hydrogens (tertiary/aromatic N) is 1. The third kappa shape index (κ3) is 5.14. The van der Waals surface area contributed by atoms with Crippen molar-refractivity contribution in [1.82, 2.24) is 10.2 Å². The third-order valence-corrected chi connectivity index (χ3v) is 4.31. The van der Waals surface area contributed by atoms with Crippen LogP contribution in [0.25, 0.3) is 0 Å². The molecule has 1 aromatic heterocycles. The summed E-state index contributed by atoms with van der Waals surface area (Å²) in [6, 6.07) is 7.99. The minimum absolute atomic E-state index is 0.159. The Balaban J connectivity index is 1.86. The smallest absolute Gasteiger partial charge is 0.334 e. The summed E-state index contributed by atoms with van der Waals surface area (Å²) in [5.74, 6) is 0. The van der Waals surface area contributed by atoms with Crippen molar-refractivity contribution in [2.24, 2.45) is 0 Å². The minimum Gasteiger partial charge on any atom is -0.334 e. The van der Waals surface area contributed by atoms with Crippen LogP contribution in [0, 0.1) is 0 Å². The summed E-state index contributed by atoms with van der Waals surface area (Å²) < 4.78 is 38.0. The standard InChI is InChI=1S/C15H14ClF3N2OS/c1-21(9-12-6-7-13(16)23-12)14(22)20-8-10-2-4-11(5-3-10)15(17,18)19/h2-7H,8-9H2,1H3,(H,20,22). The number of amides is 2. The van der Waals surface area contributed by atoms with Crippen molar-refractivity contribution >= 4 is 29.0 Å². The Labute approximate surface area is 140 Å². The molecule has 2 rings (SSSR count). The molecule has 1 N–H and O–H groups in total. The Morgan fingerprint density at radius 1 is 1.22 bits per heavy atom. The van der Waals surface area contributed by atoms with Gasteiger partial charge in [-0.2, -0.15) is 13.2 Å². The second kappa shape index (κ2) is 7.23. The lowest BCUT2D eigenvalue weighted by atomic mass is 10.1. The molecule has 0 saturated heterocycles. The molecule has 2 amide bonds. The average molecular weight is 363 g/mol. The number of rotatable bonds is 4. The zero-order chi connectivity index (χ0) is 17.0. The van der Waals surface area contributed by atoms with Gasteiger partial charge in [0.2, 0.25) is 0 Å². The van der Waals surface area contributed by atoms with Crippen LogP contribution in [0.3, 0.4) is 0 Å². The predicted molar refractivity (Wildman–Crippen MR) is 84.5 cm³/mol. The minimum atomic E-state index is -4.36. The molecule has 3 nitrogen and oxygen atoms in total. The molecule has 23 heavy (non-hydrogen) atoms. The Morgan fingerprint density at radius 3 is 2.39 bits per heavy atom. The summed E-state index contributed by atoms with van der Waals surface area (Å²) in [4.78, 5) is 14.4. The van der Waals surface area contributed by atoms with Gasteiger partial charge in [0.1, 0.15) is 0 Å². The fourth-order valence-corrected chi connectivity index (χ4v) is 3.01. The number of hydrogen-bond acceptors (Lipinski definition) is 2. The number of carbonyl (C=O) groups excluding carboxylic acids is 1. The molecule has 0 fully saturated rings. The lowest BCUT2D eigenvalue weighted by Crippen LogP contribution is -2.36. The van der Waals surface area contributed by atoms with Gasteiger partial charge in [-0.3, -0.25) is 0 Å². The van der Waals surface area contributed by atoms with Crippen LogP contribution in [0.15, 0.2) is 36.4 Å². The highest BCUT2D eigenvalue weighted by Crippen LogP contribution is 2.29. The van der Waals surface area contributed by atoms with Gasteiger partial charge in [0.25, 0.3) is 0 Å². The first-order valence-electron chi connectivity index (χ1n) is 6.65. The average Bonchev–Trinajstić information content (AvgIpc) is 2.89. The van der Waals surface area contributed by atoms with E-state index in [0.29, 0.717) is 16.4 Å². The summed E-state index contributed by atoms with van der Waals surface area (Å²) in [6.45, 7) is 0.572. The van der Waals surface area contributed by atoms with Crippen molar-refractivity contribution in [3.05, 3.63) is 56.7 Å². The first-order chi connectivity index (χ1) is 10.8. The van der Waals surface area contributed by atoms with Crippen LogP contribution in [-0.4, -0.2) is 18.0 Å². The van der Waals surface area contributed by atoms with Crippen molar-refractivity contribution in [2.45, 2.75) is 19.3 Å². The maximum atomic E-state index is 12.5. The highest BCUT2D eigenvalue weighted by Gasteiger charge is 2.29. The molecule has 0 bridgehead atoms. The van der Waals surface area contributed by atoms with E-state index in [-0.39, 0.29) is 12.6 Å². The molecule has 0 unspecified atom stereocenters. The molecular weight excluding hydrogens is 349 g/mol. The SMILES string of the molecule is CN(Cc1ccc(Cl)s1)C(=O)NCc1ccc(C(F)(F)F)cc1. The molecule has 0 radical (unpaired) electrons. The lowest BCUT2D eigenvalue weighted by molar-refractivity contribution is -0.137. The molecule has 0 atom stereocenters. The van der Waals surface area contributed by atoms with Gasteiger partial charge < -0.3 is 10.2 Å². The second-order valence-electron chi connectivity index (χ2n) is 4.92. The third-order valence-electron chi connectivity index (χ3n) is 3.09. The van der Waals surface area contributed by atoms with Crippen LogP contribution in [0.2, 0.25) is 4.34 Å². The molecule has 0 aliphatic carbocycles. The first-order valence-corrected chi connectivity index (χ1v) is 7.84. The highest BCUT2D eigenvalue weighted by molar-refractivity contribution is 7.16. The number of nitrogens with one attached hydrogen (secondary N) is 1. The van der Waals surface area contributed by atoms with Gasteiger partial charge in [-0.05, 0) is 29.8 Å². The molecular formula is C15H14ClF3N2OS. The number of thiophene rings is 1. The van der Waals surface area contributed by atoms with E-state index in [2.05, 4.69) is 5.32 Å². The van der Waals surface area contributed by atoms with Crippen molar-refractivity contribution < 1.29 is 18.0 Å². The summed E-state index contributed by atoms with van der Waals surface area (Å²) in [7, 11) is 1.63. The van der Waals surface area contributed by atoms with E-state index in [4.69, 9.17) is 11.6 Å². The van der Waals surface area contributed by atoms with E-state index in [1.807, 2.05) is 6.07 Å². The molecule has 1 aromatic carbocycles. The molecule has 1 heterocycles. The molecule has 2 aromatic rings. The van der Waals surface area contributed by atoms with Gasteiger partial charge >= 0.3 is 12.2 Å². The normalized spacial score (nSPS) is 11.3. The van der Waals surface area contributed by atoms with Gasteiger partial charge in [0.05, 0.1) is 16.4 Å². The van der Waals surface area contributed by atoms with Crippen molar-refractivity contribution in [3.8, 4) is 0 Å². The van der Waals surface area contributed by atoms with Crippen LogP contribution in [0.4, 0.5) is 18.0 Å². The van der Waals surface area contributed by atoms with Gasteiger partial charge in [0, 0.05) is 18.5 Å². The Morgan fingerprint density at radius 2 is 1.87 bits per heavy atom. The molecule has 0 spiro atoms. The van der Waals surface area contributed by atoms with Crippen molar-refractivity contribution in [3.63, 3.8) is 0 Å². The van der Waals surface area contributed by atoms with Gasteiger partial charge in [-0.25, -0.2) is 4.79 Å². The Hall–Kier alpha value is -1.73. The van der Waals surface area contributed by atoms with Crippen LogP contribution in [0.1, 0.15) is 16.0 Å². The lowest BCUT2D eigenvalue weighted by Gasteiger charge is -2.17. The van der Waals surface area contributed by atoms with E-state index in [9.17, 15) is 18.0 Å². The topological polar surface area (TPSA) is 32.3 Å². The van der Waals surface area contributed by atoms with Gasteiger partial charge in [-0.15, -0.1) is 11.3 Å². The highest BCUT2D eigenvalue weighted by atomic mass is 35.5. The van der Waals surface area contributed by atoms with Crippen molar-refractivity contribution in [1.29, 1.82) is 0 Å². The van der Waals surface area contributed by atoms with E-state index >= 15 is 0 Å². The van der Waals surface area contributed by atoms with Crippen LogP contribution >= 0.6 is 22.9 Å². The zero-order valence-corrected chi connectivity index (χ0v) is 13.7. The van der Waals surface area contributed by atoms with E-state index in [1.54, 1.807) is 13.1 Å². The summed E-state index contributed by atoms with van der Waals surface area (Å²) in [5.41, 5.74) is -0.113. The molecule has 0 saturated carbocycles. The zero-order valence-electron chi connectivity index (χ0n) is 12.2. The summed E-state index contributed by atoms with van der Waals surface area (Å²) >= 11 is 7.22. The maximum absolute atomic E-state index is 12.5. The largest absolute Gasteiger partial charge is 0.416 e. The maximum Gasteiger partial charge on any atom is 0.416 e.